The van der Waals surface area contributed by atoms with E-state index in [-0.39, 0.29) is 11.9 Å². The van der Waals surface area contributed by atoms with E-state index in [1.54, 1.807) is 0 Å². The normalized spacial score (nSPS) is 23.9. The summed E-state index contributed by atoms with van der Waals surface area (Å²) in [7, 11) is 0. The Labute approximate surface area is 109 Å². The van der Waals surface area contributed by atoms with Crippen LogP contribution in [0.4, 0.5) is 0 Å². The molecule has 1 N–H and O–H groups in total. The summed E-state index contributed by atoms with van der Waals surface area (Å²) in [6.45, 7) is 7.37. The van der Waals surface area contributed by atoms with E-state index in [1.165, 1.54) is 0 Å². The lowest BCUT2D eigenvalue weighted by atomic mass is 10.00. The first-order valence-corrected chi connectivity index (χ1v) is 6.95. The molecule has 0 bridgehead atoms. The largest absolute Gasteiger partial charge is 0.381 e. The summed E-state index contributed by atoms with van der Waals surface area (Å²) < 4.78 is 10.6. The monoisotopic (exact) mass is 256 g/mol. The first-order valence-electron chi connectivity index (χ1n) is 6.95. The van der Waals surface area contributed by atoms with Gasteiger partial charge in [-0.2, -0.15) is 0 Å². The summed E-state index contributed by atoms with van der Waals surface area (Å²) in [5.74, 6) is 0.851. The highest BCUT2D eigenvalue weighted by atomic mass is 16.5. The van der Waals surface area contributed by atoms with Crippen molar-refractivity contribution in [2.24, 2.45) is 5.92 Å². The molecule has 5 heteroatoms. The fourth-order valence-corrected chi connectivity index (χ4v) is 2.44. The van der Waals surface area contributed by atoms with E-state index in [4.69, 9.17) is 9.47 Å². The van der Waals surface area contributed by atoms with Gasteiger partial charge in [-0.25, -0.2) is 0 Å². The second-order valence-corrected chi connectivity index (χ2v) is 5.12. The van der Waals surface area contributed by atoms with Crippen LogP contribution < -0.4 is 5.32 Å². The van der Waals surface area contributed by atoms with Crippen molar-refractivity contribution in [2.75, 3.05) is 46.1 Å². The maximum atomic E-state index is 12.2. The van der Waals surface area contributed by atoms with Gasteiger partial charge in [0.05, 0.1) is 19.3 Å². The van der Waals surface area contributed by atoms with Gasteiger partial charge >= 0.3 is 0 Å². The van der Waals surface area contributed by atoms with Gasteiger partial charge in [0.2, 0.25) is 5.91 Å². The molecule has 0 aromatic carbocycles. The third kappa shape index (κ3) is 3.93. The third-order valence-corrected chi connectivity index (χ3v) is 3.75. The Morgan fingerprint density at radius 1 is 1.22 bits per heavy atom. The molecule has 5 nitrogen and oxygen atoms in total. The Balaban J connectivity index is 1.69. The Hall–Kier alpha value is -0.650. The summed E-state index contributed by atoms with van der Waals surface area (Å²) >= 11 is 0. The van der Waals surface area contributed by atoms with Crippen molar-refractivity contribution in [2.45, 2.75) is 25.8 Å². The second-order valence-electron chi connectivity index (χ2n) is 5.12. The molecular formula is C13H24N2O3. The van der Waals surface area contributed by atoms with Gasteiger partial charge < -0.3 is 19.7 Å². The zero-order valence-electron chi connectivity index (χ0n) is 11.2. The number of carbonyl (C=O) groups excluding carboxylic acids is 1. The molecule has 0 radical (unpaired) electrons. The van der Waals surface area contributed by atoms with Crippen molar-refractivity contribution in [3.05, 3.63) is 0 Å². The summed E-state index contributed by atoms with van der Waals surface area (Å²) in [6.07, 6.45) is 2.21. The predicted molar refractivity (Wildman–Crippen MR) is 68.4 cm³/mol. The molecule has 0 saturated carbocycles. The standard InChI is InChI=1S/C13H24N2O3/c1-11(13(16)15-4-8-18-9-5-15)14-10-12-2-6-17-7-3-12/h11-12,14H,2-10H2,1H3. The number of ether oxygens (including phenoxy) is 2. The highest BCUT2D eigenvalue weighted by molar-refractivity contribution is 5.81. The van der Waals surface area contributed by atoms with Gasteiger partial charge in [-0.3, -0.25) is 4.79 Å². The van der Waals surface area contributed by atoms with E-state index in [9.17, 15) is 4.79 Å². The fraction of sp³-hybridized carbons (Fsp3) is 0.923. The maximum Gasteiger partial charge on any atom is 0.239 e. The van der Waals surface area contributed by atoms with Crippen LogP contribution in [0, 0.1) is 5.92 Å². The van der Waals surface area contributed by atoms with Crippen LogP contribution in [-0.2, 0) is 14.3 Å². The van der Waals surface area contributed by atoms with Gasteiger partial charge in [-0.05, 0) is 32.2 Å². The number of morpholine rings is 1. The molecule has 1 unspecified atom stereocenters. The molecule has 1 atom stereocenters. The Morgan fingerprint density at radius 3 is 2.50 bits per heavy atom. The van der Waals surface area contributed by atoms with E-state index in [0.717, 1.165) is 45.7 Å². The van der Waals surface area contributed by atoms with E-state index in [1.807, 2.05) is 11.8 Å². The van der Waals surface area contributed by atoms with Gasteiger partial charge in [-0.15, -0.1) is 0 Å². The number of rotatable bonds is 4. The first kappa shape index (κ1) is 13.8. The number of nitrogens with zero attached hydrogens (tertiary/aromatic N) is 1. The Bertz CT molecular complexity index is 261. The number of hydrogen-bond acceptors (Lipinski definition) is 4. The molecule has 2 heterocycles. The zero-order valence-corrected chi connectivity index (χ0v) is 11.2. The third-order valence-electron chi connectivity index (χ3n) is 3.75. The molecule has 1 amide bonds. The zero-order chi connectivity index (χ0) is 12.8. The number of carbonyl (C=O) groups is 1. The van der Waals surface area contributed by atoms with Crippen molar-refractivity contribution >= 4 is 5.91 Å². The van der Waals surface area contributed by atoms with Gasteiger partial charge in [0.25, 0.3) is 0 Å². The first-order chi connectivity index (χ1) is 8.77. The molecule has 2 saturated heterocycles. The van der Waals surface area contributed by atoms with Crippen LogP contribution in [0.3, 0.4) is 0 Å². The highest BCUT2D eigenvalue weighted by Gasteiger charge is 2.23. The summed E-state index contributed by atoms with van der Waals surface area (Å²) in [4.78, 5) is 14.0. The lowest BCUT2D eigenvalue weighted by Gasteiger charge is -2.30. The minimum Gasteiger partial charge on any atom is -0.381 e. The molecule has 0 aliphatic carbocycles. The van der Waals surface area contributed by atoms with Crippen LogP contribution in [-0.4, -0.2) is 62.9 Å². The molecule has 0 spiro atoms. The van der Waals surface area contributed by atoms with Crippen LogP contribution in [0.15, 0.2) is 0 Å². The molecule has 0 aromatic heterocycles. The lowest BCUT2D eigenvalue weighted by molar-refractivity contribution is -0.137. The van der Waals surface area contributed by atoms with Crippen molar-refractivity contribution in [1.82, 2.24) is 10.2 Å². The highest BCUT2D eigenvalue weighted by Crippen LogP contribution is 2.13. The smallest absolute Gasteiger partial charge is 0.239 e. The van der Waals surface area contributed by atoms with Crippen molar-refractivity contribution in [1.29, 1.82) is 0 Å². The molecule has 18 heavy (non-hydrogen) atoms. The van der Waals surface area contributed by atoms with Crippen LogP contribution >= 0.6 is 0 Å². The topological polar surface area (TPSA) is 50.8 Å². The maximum absolute atomic E-state index is 12.2. The molecule has 2 aliphatic heterocycles. The molecule has 104 valence electrons. The summed E-state index contributed by atoms with van der Waals surface area (Å²) in [6, 6.07) is -0.0917. The van der Waals surface area contributed by atoms with Crippen molar-refractivity contribution in [3.63, 3.8) is 0 Å². The SMILES string of the molecule is CC(NCC1CCOCC1)C(=O)N1CCOCC1. The average molecular weight is 256 g/mol. The van der Waals surface area contributed by atoms with E-state index in [0.29, 0.717) is 19.1 Å². The van der Waals surface area contributed by atoms with Gasteiger partial charge in [0.1, 0.15) is 0 Å². The number of hydrogen-bond donors (Lipinski definition) is 1. The molecule has 2 fully saturated rings. The summed E-state index contributed by atoms with van der Waals surface area (Å²) in [5.41, 5.74) is 0. The van der Waals surface area contributed by atoms with Crippen molar-refractivity contribution in [3.8, 4) is 0 Å². The van der Waals surface area contributed by atoms with Crippen LogP contribution in [0.25, 0.3) is 0 Å². The van der Waals surface area contributed by atoms with Crippen LogP contribution in [0.1, 0.15) is 19.8 Å². The number of nitrogens with one attached hydrogen (secondary N) is 1. The van der Waals surface area contributed by atoms with Gasteiger partial charge in [-0.1, -0.05) is 0 Å². The molecular weight excluding hydrogens is 232 g/mol. The fourth-order valence-electron chi connectivity index (χ4n) is 2.44. The quantitative estimate of drug-likeness (QED) is 0.783. The van der Waals surface area contributed by atoms with E-state index in [2.05, 4.69) is 5.32 Å². The van der Waals surface area contributed by atoms with Gasteiger partial charge in [0, 0.05) is 26.3 Å². The minimum absolute atomic E-state index is 0.0917. The van der Waals surface area contributed by atoms with Crippen LogP contribution in [0.5, 0.6) is 0 Å². The summed E-state index contributed by atoms with van der Waals surface area (Å²) in [5, 5.41) is 3.36. The molecule has 2 aliphatic rings. The van der Waals surface area contributed by atoms with Gasteiger partial charge in [0.15, 0.2) is 0 Å². The Kier molecular flexibility index (Phi) is 5.41. The van der Waals surface area contributed by atoms with Crippen molar-refractivity contribution < 1.29 is 14.3 Å². The van der Waals surface area contributed by atoms with E-state index >= 15 is 0 Å². The average Bonchev–Trinajstić information content (AvgIpc) is 2.46. The lowest BCUT2D eigenvalue weighted by Crippen LogP contribution is -2.50. The van der Waals surface area contributed by atoms with Crippen LogP contribution in [0.2, 0.25) is 0 Å². The predicted octanol–water partition coefficient (Wildman–Crippen LogP) is 0.250. The number of amides is 1. The Morgan fingerprint density at radius 2 is 1.83 bits per heavy atom. The van der Waals surface area contributed by atoms with E-state index < -0.39 is 0 Å². The minimum atomic E-state index is -0.0917. The molecule has 0 aromatic rings. The second kappa shape index (κ2) is 7.07. The molecule has 2 rings (SSSR count).